The summed E-state index contributed by atoms with van der Waals surface area (Å²) in [6.07, 6.45) is 6.83. The highest BCUT2D eigenvalue weighted by Crippen LogP contribution is 2.21. The Bertz CT molecular complexity index is 801. The lowest BCUT2D eigenvalue weighted by atomic mass is 9.98. The number of carbonyl (C=O) groups excluding carboxylic acids is 1. The highest BCUT2D eigenvalue weighted by Gasteiger charge is 2.09. The van der Waals surface area contributed by atoms with E-state index in [0.717, 1.165) is 42.0 Å². The van der Waals surface area contributed by atoms with Gasteiger partial charge < -0.3 is 0 Å². The second-order valence-electron chi connectivity index (χ2n) is 5.94. The molecule has 0 radical (unpaired) electrons. The van der Waals surface area contributed by atoms with Gasteiger partial charge in [-0.05, 0) is 54.1 Å². The Hall–Kier alpha value is -2.00. The molecule has 0 amide bonds. The predicted molar refractivity (Wildman–Crippen MR) is 97.3 cm³/mol. The Kier molecular flexibility index (Phi) is 5.19. The second-order valence-corrected chi connectivity index (χ2v) is 6.83. The molecule has 0 aliphatic rings. The average Bonchev–Trinajstić information content (AvgIpc) is 2.99. The SMILES string of the molecule is Cc1cnsc1CCCCCC(=O)c1cccc2ccccc12. The Labute approximate surface area is 141 Å². The number of hydrogen-bond acceptors (Lipinski definition) is 3. The van der Waals surface area contributed by atoms with E-state index in [0.29, 0.717) is 6.42 Å². The number of aryl methyl sites for hydroxylation is 2. The van der Waals surface area contributed by atoms with Gasteiger partial charge in [0, 0.05) is 23.1 Å². The zero-order valence-electron chi connectivity index (χ0n) is 13.4. The smallest absolute Gasteiger partial charge is 0.163 e. The molecular weight excluding hydrogens is 302 g/mol. The maximum absolute atomic E-state index is 12.5. The molecule has 3 aromatic rings. The lowest BCUT2D eigenvalue weighted by Crippen LogP contribution is -2.00. The van der Waals surface area contributed by atoms with Crippen LogP contribution in [0.5, 0.6) is 0 Å². The molecule has 1 heterocycles. The highest BCUT2D eigenvalue weighted by atomic mass is 32.1. The third kappa shape index (κ3) is 3.85. The number of hydrogen-bond donors (Lipinski definition) is 0. The third-order valence-corrected chi connectivity index (χ3v) is 5.20. The van der Waals surface area contributed by atoms with Gasteiger partial charge in [0.05, 0.1) is 0 Å². The Morgan fingerprint density at radius 2 is 1.87 bits per heavy atom. The van der Waals surface area contributed by atoms with Crippen LogP contribution in [-0.2, 0) is 6.42 Å². The number of carbonyl (C=O) groups is 1. The molecule has 0 unspecified atom stereocenters. The van der Waals surface area contributed by atoms with Crippen molar-refractivity contribution in [3.63, 3.8) is 0 Å². The summed E-state index contributed by atoms with van der Waals surface area (Å²) in [5.41, 5.74) is 2.16. The molecule has 1 aromatic heterocycles. The first kappa shape index (κ1) is 15.9. The van der Waals surface area contributed by atoms with E-state index >= 15 is 0 Å². The van der Waals surface area contributed by atoms with Crippen LogP contribution in [0, 0.1) is 6.92 Å². The van der Waals surface area contributed by atoms with E-state index in [2.05, 4.69) is 23.4 Å². The van der Waals surface area contributed by atoms with Crippen LogP contribution in [0.4, 0.5) is 0 Å². The Morgan fingerprint density at radius 3 is 2.70 bits per heavy atom. The van der Waals surface area contributed by atoms with Crippen LogP contribution in [0.3, 0.4) is 0 Å². The lowest BCUT2D eigenvalue weighted by Gasteiger charge is -2.06. The number of aromatic nitrogens is 1. The molecule has 2 nitrogen and oxygen atoms in total. The zero-order valence-corrected chi connectivity index (χ0v) is 14.2. The molecule has 0 N–H and O–H groups in total. The fraction of sp³-hybridized carbons (Fsp3) is 0.300. The van der Waals surface area contributed by atoms with E-state index in [9.17, 15) is 4.79 Å². The normalized spacial score (nSPS) is 11.0. The van der Waals surface area contributed by atoms with Crippen molar-refractivity contribution in [1.82, 2.24) is 4.37 Å². The number of rotatable bonds is 7. The standard InChI is InChI=1S/C20H21NOS/c1-15-14-21-23-20(15)13-4-2-3-12-19(22)18-11-7-9-16-8-5-6-10-17(16)18/h5-11,14H,2-4,12-13H2,1H3. The van der Waals surface area contributed by atoms with Crippen LogP contribution < -0.4 is 0 Å². The maximum atomic E-state index is 12.5. The predicted octanol–water partition coefficient (Wildman–Crippen LogP) is 5.59. The molecule has 0 spiro atoms. The van der Waals surface area contributed by atoms with Gasteiger partial charge >= 0.3 is 0 Å². The van der Waals surface area contributed by atoms with Gasteiger partial charge in [-0.25, -0.2) is 4.37 Å². The van der Waals surface area contributed by atoms with E-state index in [4.69, 9.17) is 0 Å². The Morgan fingerprint density at radius 1 is 1.04 bits per heavy atom. The van der Waals surface area contributed by atoms with Crippen LogP contribution in [0.1, 0.15) is 46.5 Å². The number of nitrogens with zero attached hydrogens (tertiary/aromatic N) is 1. The minimum Gasteiger partial charge on any atom is -0.294 e. The number of unbranched alkanes of at least 4 members (excludes halogenated alkanes) is 2. The van der Waals surface area contributed by atoms with Crippen LogP contribution >= 0.6 is 11.5 Å². The van der Waals surface area contributed by atoms with Gasteiger partial charge in [0.25, 0.3) is 0 Å². The number of ketones is 1. The molecule has 0 saturated heterocycles. The molecule has 0 aliphatic carbocycles. The monoisotopic (exact) mass is 323 g/mol. The summed E-state index contributed by atoms with van der Waals surface area (Å²) < 4.78 is 4.21. The van der Waals surface area contributed by atoms with Crippen molar-refractivity contribution in [3.05, 3.63) is 64.7 Å². The van der Waals surface area contributed by atoms with Gasteiger partial charge in [-0.2, -0.15) is 0 Å². The number of Topliss-reactive ketones (excluding diaryl/α,β-unsaturated/α-hetero) is 1. The van der Waals surface area contributed by atoms with E-state index < -0.39 is 0 Å². The quantitative estimate of drug-likeness (QED) is 0.419. The fourth-order valence-corrected chi connectivity index (χ4v) is 3.68. The summed E-state index contributed by atoms with van der Waals surface area (Å²) >= 11 is 1.60. The van der Waals surface area contributed by atoms with Crippen LogP contribution in [0.25, 0.3) is 10.8 Å². The topological polar surface area (TPSA) is 30.0 Å². The van der Waals surface area contributed by atoms with Gasteiger partial charge in [-0.1, -0.05) is 48.9 Å². The first-order valence-corrected chi connectivity index (χ1v) is 8.94. The van der Waals surface area contributed by atoms with Crippen molar-refractivity contribution < 1.29 is 4.79 Å². The lowest BCUT2D eigenvalue weighted by molar-refractivity contribution is 0.0981. The van der Waals surface area contributed by atoms with Crippen molar-refractivity contribution in [2.24, 2.45) is 0 Å². The molecule has 0 atom stereocenters. The molecule has 23 heavy (non-hydrogen) atoms. The summed E-state index contributed by atoms with van der Waals surface area (Å²) in [5.74, 6) is 0.260. The minimum atomic E-state index is 0.260. The molecule has 0 saturated carbocycles. The molecule has 0 bridgehead atoms. The second kappa shape index (κ2) is 7.51. The van der Waals surface area contributed by atoms with Crippen molar-refractivity contribution in [2.45, 2.75) is 39.0 Å². The van der Waals surface area contributed by atoms with Gasteiger partial charge in [0.1, 0.15) is 0 Å². The van der Waals surface area contributed by atoms with Gasteiger partial charge in [0.15, 0.2) is 5.78 Å². The highest BCUT2D eigenvalue weighted by molar-refractivity contribution is 7.05. The molecule has 2 aromatic carbocycles. The summed E-state index contributed by atoms with van der Waals surface area (Å²) in [6, 6.07) is 14.1. The third-order valence-electron chi connectivity index (χ3n) is 4.25. The van der Waals surface area contributed by atoms with E-state index in [1.54, 1.807) is 11.5 Å². The van der Waals surface area contributed by atoms with E-state index in [-0.39, 0.29) is 5.78 Å². The summed E-state index contributed by atoms with van der Waals surface area (Å²) in [7, 11) is 0. The first-order chi connectivity index (χ1) is 11.3. The number of fused-ring (bicyclic) bond motifs is 1. The van der Waals surface area contributed by atoms with Crippen LogP contribution in [0.15, 0.2) is 48.7 Å². The molecule has 118 valence electrons. The maximum Gasteiger partial charge on any atom is 0.163 e. The molecule has 0 aliphatic heterocycles. The van der Waals surface area contributed by atoms with Gasteiger partial charge in [-0.15, -0.1) is 0 Å². The van der Waals surface area contributed by atoms with Gasteiger partial charge in [0.2, 0.25) is 0 Å². The first-order valence-electron chi connectivity index (χ1n) is 8.17. The number of benzene rings is 2. The van der Waals surface area contributed by atoms with Crippen molar-refractivity contribution in [2.75, 3.05) is 0 Å². The molecule has 3 rings (SSSR count). The van der Waals surface area contributed by atoms with Crippen molar-refractivity contribution >= 4 is 28.1 Å². The summed E-state index contributed by atoms with van der Waals surface area (Å²) in [5, 5.41) is 2.21. The summed E-state index contributed by atoms with van der Waals surface area (Å²) in [4.78, 5) is 13.9. The average molecular weight is 323 g/mol. The molecular formula is C20H21NOS. The van der Waals surface area contributed by atoms with Crippen LogP contribution in [0.2, 0.25) is 0 Å². The molecule has 3 heteroatoms. The van der Waals surface area contributed by atoms with Gasteiger partial charge in [-0.3, -0.25) is 4.79 Å². The molecule has 0 fully saturated rings. The van der Waals surface area contributed by atoms with Crippen LogP contribution in [-0.4, -0.2) is 10.2 Å². The van der Waals surface area contributed by atoms with E-state index in [1.807, 2.05) is 36.5 Å². The van der Waals surface area contributed by atoms with Crippen molar-refractivity contribution in [3.8, 4) is 0 Å². The summed E-state index contributed by atoms with van der Waals surface area (Å²) in [6.45, 7) is 2.11. The largest absolute Gasteiger partial charge is 0.294 e. The van der Waals surface area contributed by atoms with E-state index in [1.165, 1.54) is 10.4 Å². The minimum absolute atomic E-state index is 0.260. The van der Waals surface area contributed by atoms with Crippen molar-refractivity contribution in [1.29, 1.82) is 0 Å². The zero-order chi connectivity index (χ0) is 16.1. The fourth-order valence-electron chi connectivity index (χ4n) is 2.91. The Balaban J connectivity index is 1.52.